The van der Waals surface area contributed by atoms with Crippen LogP contribution in [0.25, 0.3) is 0 Å². The van der Waals surface area contributed by atoms with Gasteiger partial charge in [-0.25, -0.2) is 0 Å². The number of hydrogen-bond acceptors (Lipinski definition) is 4. The molecule has 0 saturated heterocycles. The van der Waals surface area contributed by atoms with Crippen molar-refractivity contribution < 1.29 is 14.3 Å². The van der Waals surface area contributed by atoms with E-state index in [1.165, 1.54) is 12.8 Å². The zero-order valence-corrected chi connectivity index (χ0v) is 13.0. The Labute approximate surface area is 126 Å². The summed E-state index contributed by atoms with van der Waals surface area (Å²) in [5.41, 5.74) is 0.969. The molecule has 0 aromatic heterocycles. The summed E-state index contributed by atoms with van der Waals surface area (Å²) >= 11 is 0. The Morgan fingerprint density at radius 3 is 2.71 bits per heavy atom. The Bertz CT molecular complexity index is 486. The molecule has 0 unspecified atom stereocenters. The molecule has 5 nitrogen and oxygen atoms in total. The van der Waals surface area contributed by atoms with Crippen LogP contribution >= 0.6 is 0 Å². The van der Waals surface area contributed by atoms with Crippen LogP contribution in [0, 0.1) is 5.92 Å². The van der Waals surface area contributed by atoms with Crippen molar-refractivity contribution in [3.63, 3.8) is 0 Å². The van der Waals surface area contributed by atoms with Crippen molar-refractivity contribution in [3.05, 3.63) is 23.8 Å². The summed E-state index contributed by atoms with van der Waals surface area (Å²) in [6, 6.07) is 5.64. The molecule has 1 aliphatic carbocycles. The summed E-state index contributed by atoms with van der Waals surface area (Å²) < 4.78 is 10.5. The minimum Gasteiger partial charge on any atom is -0.497 e. The van der Waals surface area contributed by atoms with E-state index in [1.807, 2.05) is 25.2 Å². The quantitative estimate of drug-likeness (QED) is 0.792. The van der Waals surface area contributed by atoms with Gasteiger partial charge >= 0.3 is 0 Å². The molecule has 2 rings (SSSR count). The van der Waals surface area contributed by atoms with Crippen LogP contribution in [0.4, 0.5) is 0 Å². The van der Waals surface area contributed by atoms with Crippen LogP contribution in [0.1, 0.15) is 18.4 Å². The molecule has 1 fully saturated rings. The predicted octanol–water partition coefficient (Wildman–Crippen LogP) is 1.66. The third-order valence-electron chi connectivity index (χ3n) is 3.73. The van der Waals surface area contributed by atoms with Crippen molar-refractivity contribution in [2.24, 2.45) is 5.92 Å². The first-order valence-corrected chi connectivity index (χ1v) is 7.29. The SMILES string of the molecule is COc1ccc(CN(C)C(=O)CNCC2CC2)c(OC)c1. The van der Waals surface area contributed by atoms with E-state index in [9.17, 15) is 4.79 Å². The summed E-state index contributed by atoms with van der Waals surface area (Å²) in [5.74, 6) is 2.36. The lowest BCUT2D eigenvalue weighted by atomic mass is 10.1. The fourth-order valence-electron chi connectivity index (χ4n) is 2.17. The zero-order valence-electron chi connectivity index (χ0n) is 13.0. The third kappa shape index (κ3) is 4.63. The first-order valence-electron chi connectivity index (χ1n) is 7.29. The summed E-state index contributed by atoms with van der Waals surface area (Å²) in [5, 5.41) is 3.22. The lowest BCUT2D eigenvalue weighted by Crippen LogP contribution is -2.35. The Kier molecular flexibility index (Phi) is 5.44. The number of carbonyl (C=O) groups is 1. The molecule has 0 bridgehead atoms. The monoisotopic (exact) mass is 292 g/mol. The average Bonchev–Trinajstić information content (AvgIpc) is 3.31. The first kappa shape index (κ1) is 15.6. The normalized spacial score (nSPS) is 13.9. The number of rotatable bonds is 8. The highest BCUT2D eigenvalue weighted by molar-refractivity contribution is 5.78. The molecule has 0 radical (unpaired) electrons. The second-order valence-electron chi connectivity index (χ2n) is 5.50. The topological polar surface area (TPSA) is 50.8 Å². The number of hydrogen-bond donors (Lipinski definition) is 1. The Balaban J connectivity index is 1.87. The third-order valence-corrected chi connectivity index (χ3v) is 3.73. The van der Waals surface area contributed by atoms with E-state index in [4.69, 9.17) is 9.47 Å². The maximum absolute atomic E-state index is 12.1. The van der Waals surface area contributed by atoms with Crippen LogP contribution in [-0.4, -0.2) is 45.2 Å². The second-order valence-corrected chi connectivity index (χ2v) is 5.50. The van der Waals surface area contributed by atoms with Crippen molar-refractivity contribution in [1.29, 1.82) is 0 Å². The van der Waals surface area contributed by atoms with E-state index >= 15 is 0 Å². The van der Waals surface area contributed by atoms with Crippen LogP contribution in [-0.2, 0) is 11.3 Å². The molecule has 1 aromatic carbocycles. The van der Waals surface area contributed by atoms with E-state index in [0.29, 0.717) is 13.1 Å². The molecule has 0 aliphatic heterocycles. The average molecular weight is 292 g/mol. The highest BCUT2D eigenvalue weighted by Gasteiger charge is 2.21. The smallest absolute Gasteiger partial charge is 0.236 e. The molecule has 116 valence electrons. The number of methoxy groups -OCH3 is 2. The Morgan fingerprint density at radius 2 is 2.10 bits per heavy atom. The van der Waals surface area contributed by atoms with E-state index in [-0.39, 0.29) is 5.91 Å². The number of amides is 1. The van der Waals surface area contributed by atoms with E-state index < -0.39 is 0 Å². The highest BCUT2D eigenvalue weighted by atomic mass is 16.5. The Hall–Kier alpha value is -1.75. The lowest BCUT2D eigenvalue weighted by Gasteiger charge is -2.19. The van der Waals surface area contributed by atoms with Gasteiger partial charge in [0.05, 0.1) is 20.8 Å². The van der Waals surface area contributed by atoms with Crippen molar-refractivity contribution in [2.75, 3.05) is 34.4 Å². The van der Waals surface area contributed by atoms with Gasteiger partial charge in [0, 0.05) is 25.2 Å². The zero-order chi connectivity index (χ0) is 15.2. The molecule has 1 aliphatic rings. The number of carbonyl (C=O) groups excluding carboxylic acids is 1. The van der Waals surface area contributed by atoms with Gasteiger partial charge in [-0.2, -0.15) is 0 Å². The van der Waals surface area contributed by atoms with Crippen LogP contribution in [0.3, 0.4) is 0 Å². The van der Waals surface area contributed by atoms with Crippen LogP contribution in [0.2, 0.25) is 0 Å². The number of likely N-dealkylation sites (N-methyl/N-ethyl adjacent to an activating group) is 1. The van der Waals surface area contributed by atoms with Gasteiger partial charge in [0.1, 0.15) is 11.5 Å². The lowest BCUT2D eigenvalue weighted by molar-refractivity contribution is -0.129. The van der Waals surface area contributed by atoms with Gasteiger partial charge in [-0.05, 0) is 37.4 Å². The molecule has 0 heterocycles. The maximum atomic E-state index is 12.1. The fourth-order valence-corrected chi connectivity index (χ4v) is 2.17. The molecule has 0 atom stereocenters. The summed E-state index contributed by atoms with van der Waals surface area (Å²) in [4.78, 5) is 13.8. The van der Waals surface area contributed by atoms with Crippen molar-refractivity contribution in [2.45, 2.75) is 19.4 Å². The molecule has 0 spiro atoms. The van der Waals surface area contributed by atoms with Crippen LogP contribution in [0.5, 0.6) is 11.5 Å². The molecule has 1 saturated carbocycles. The summed E-state index contributed by atoms with van der Waals surface area (Å²) in [6.07, 6.45) is 2.58. The first-order chi connectivity index (χ1) is 10.1. The number of nitrogens with one attached hydrogen (secondary N) is 1. The number of benzene rings is 1. The van der Waals surface area contributed by atoms with Gasteiger partial charge in [0.2, 0.25) is 5.91 Å². The summed E-state index contributed by atoms with van der Waals surface area (Å²) in [6.45, 7) is 1.87. The van der Waals surface area contributed by atoms with Gasteiger partial charge in [0.25, 0.3) is 0 Å². The molecule has 21 heavy (non-hydrogen) atoms. The highest BCUT2D eigenvalue weighted by Crippen LogP contribution is 2.27. The van der Waals surface area contributed by atoms with Crippen molar-refractivity contribution in [1.82, 2.24) is 10.2 Å². The fraction of sp³-hybridized carbons (Fsp3) is 0.562. The molecule has 5 heteroatoms. The molecular formula is C16H24N2O3. The largest absolute Gasteiger partial charge is 0.497 e. The molecular weight excluding hydrogens is 268 g/mol. The standard InChI is InChI=1S/C16H24N2O3/c1-18(16(19)10-17-9-12-4-5-12)11-13-6-7-14(20-2)8-15(13)21-3/h6-8,12,17H,4-5,9-11H2,1-3H3. The van der Waals surface area contributed by atoms with Gasteiger partial charge in [-0.3, -0.25) is 4.79 Å². The van der Waals surface area contributed by atoms with Gasteiger partial charge in [-0.15, -0.1) is 0 Å². The van der Waals surface area contributed by atoms with Crippen molar-refractivity contribution in [3.8, 4) is 11.5 Å². The van der Waals surface area contributed by atoms with Crippen LogP contribution < -0.4 is 14.8 Å². The molecule has 1 N–H and O–H groups in total. The van der Waals surface area contributed by atoms with E-state index in [1.54, 1.807) is 19.1 Å². The van der Waals surface area contributed by atoms with E-state index in [0.717, 1.165) is 29.5 Å². The summed E-state index contributed by atoms with van der Waals surface area (Å²) in [7, 11) is 5.05. The van der Waals surface area contributed by atoms with Crippen molar-refractivity contribution >= 4 is 5.91 Å². The maximum Gasteiger partial charge on any atom is 0.236 e. The van der Waals surface area contributed by atoms with Crippen LogP contribution in [0.15, 0.2) is 18.2 Å². The van der Waals surface area contributed by atoms with Gasteiger partial charge < -0.3 is 19.7 Å². The minimum atomic E-state index is 0.0912. The van der Waals surface area contributed by atoms with E-state index in [2.05, 4.69) is 5.32 Å². The minimum absolute atomic E-state index is 0.0912. The Morgan fingerprint density at radius 1 is 1.33 bits per heavy atom. The number of nitrogens with zero attached hydrogens (tertiary/aromatic N) is 1. The number of ether oxygens (including phenoxy) is 2. The van der Waals surface area contributed by atoms with Gasteiger partial charge in [-0.1, -0.05) is 0 Å². The van der Waals surface area contributed by atoms with Gasteiger partial charge in [0.15, 0.2) is 0 Å². The molecule has 1 amide bonds. The predicted molar refractivity (Wildman–Crippen MR) is 81.6 cm³/mol. The second kappa shape index (κ2) is 7.31. The molecule has 1 aromatic rings.